The fourth-order valence-electron chi connectivity index (χ4n) is 4.09. The minimum Gasteiger partial charge on any atom is -0.378 e. The van der Waals surface area contributed by atoms with E-state index >= 15 is 0 Å². The average Bonchev–Trinajstić information content (AvgIpc) is 3.39. The summed E-state index contributed by atoms with van der Waals surface area (Å²) in [7, 11) is -3.26. The van der Waals surface area contributed by atoms with E-state index < -0.39 is 15.4 Å². The molecule has 0 amide bonds. The fraction of sp³-hybridized carbons (Fsp3) is 0.381. The van der Waals surface area contributed by atoms with Crippen molar-refractivity contribution in [3.63, 3.8) is 0 Å². The number of anilines is 1. The Kier molecular flexibility index (Phi) is 5.16. The van der Waals surface area contributed by atoms with Gasteiger partial charge in [-0.3, -0.25) is 5.10 Å². The van der Waals surface area contributed by atoms with Crippen molar-refractivity contribution in [2.75, 3.05) is 43.2 Å². The summed E-state index contributed by atoms with van der Waals surface area (Å²) in [6.45, 7) is 4.43. The fourth-order valence-corrected chi connectivity index (χ4v) is 6.59. The molecule has 0 bridgehead atoms. The van der Waals surface area contributed by atoms with Gasteiger partial charge >= 0.3 is 0 Å². The topological polar surface area (TPSA) is 127 Å². The standard InChI is InChI=1S/C21H24N6O3S2/c1-21(22,12-32(2,28)29)17-10-16-18(31-17)20(27-6-8-30-9-7-27)25-19(24-16)13-4-3-5-15-14(13)11-23-26-15/h3-5,10-11H,6-9,12,22H2,1-2H3,(H,23,26). The first-order valence-corrected chi connectivity index (χ1v) is 13.1. The number of H-pyrrole nitrogens is 1. The second-order valence-corrected chi connectivity index (χ2v) is 11.6. The van der Waals surface area contributed by atoms with E-state index in [4.69, 9.17) is 20.4 Å². The predicted molar refractivity (Wildman–Crippen MR) is 127 cm³/mol. The lowest BCUT2D eigenvalue weighted by Crippen LogP contribution is -2.39. The summed E-state index contributed by atoms with van der Waals surface area (Å²) in [4.78, 5) is 12.8. The zero-order chi connectivity index (χ0) is 22.5. The van der Waals surface area contributed by atoms with Gasteiger partial charge in [0, 0.05) is 35.2 Å². The molecule has 1 aliphatic heterocycles. The Labute approximate surface area is 189 Å². The van der Waals surface area contributed by atoms with Gasteiger partial charge in [-0.25, -0.2) is 18.4 Å². The van der Waals surface area contributed by atoms with E-state index in [2.05, 4.69) is 15.1 Å². The maximum atomic E-state index is 12.0. The molecule has 0 radical (unpaired) electrons. The molecule has 1 saturated heterocycles. The Balaban J connectivity index is 1.71. The molecular weight excluding hydrogens is 448 g/mol. The summed E-state index contributed by atoms with van der Waals surface area (Å²) in [6, 6.07) is 7.78. The van der Waals surface area contributed by atoms with Gasteiger partial charge in [0.25, 0.3) is 0 Å². The van der Waals surface area contributed by atoms with Gasteiger partial charge in [0.2, 0.25) is 0 Å². The van der Waals surface area contributed by atoms with Gasteiger partial charge in [0.1, 0.15) is 9.84 Å². The molecule has 4 aromatic rings. The zero-order valence-corrected chi connectivity index (χ0v) is 19.5. The number of hydrogen-bond acceptors (Lipinski definition) is 9. The normalized spacial score (nSPS) is 17.2. The molecule has 32 heavy (non-hydrogen) atoms. The van der Waals surface area contributed by atoms with Gasteiger partial charge in [-0.2, -0.15) is 5.10 Å². The minimum absolute atomic E-state index is 0.145. The summed E-state index contributed by atoms with van der Waals surface area (Å²) >= 11 is 1.46. The van der Waals surface area contributed by atoms with Crippen LogP contribution in [0.1, 0.15) is 11.8 Å². The number of rotatable bonds is 5. The predicted octanol–water partition coefficient (Wildman–Crippen LogP) is 2.29. The van der Waals surface area contributed by atoms with Crippen LogP contribution in [0.2, 0.25) is 0 Å². The number of ether oxygens (including phenoxy) is 1. The number of aromatic nitrogens is 4. The first kappa shape index (κ1) is 21.3. The number of hydrogen-bond donors (Lipinski definition) is 2. The molecule has 9 nitrogen and oxygen atoms in total. The van der Waals surface area contributed by atoms with Crippen LogP contribution in [0.5, 0.6) is 0 Å². The molecule has 1 fully saturated rings. The largest absolute Gasteiger partial charge is 0.378 e. The van der Waals surface area contributed by atoms with Crippen molar-refractivity contribution in [1.29, 1.82) is 0 Å². The molecule has 3 N–H and O–H groups in total. The highest BCUT2D eigenvalue weighted by Crippen LogP contribution is 2.39. The number of fused-ring (bicyclic) bond motifs is 2. The first-order chi connectivity index (χ1) is 15.2. The molecule has 0 spiro atoms. The molecule has 168 valence electrons. The Morgan fingerprint density at radius 3 is 2.81 bits per heavy atom. The number of morpholine rings is 1. The van der Waals surface area contributed by atoms with E-state index in [0.717, 1.165) is 50.5 Å². The van der Waals surface area contributed by atoms with Crippen molar-refractivity contribution < 1.29 is 13.2 Å². The Morgan fingerprint density at radius 1 is 1.28 bits per heavy atom. The molecule has 1 aliphatic rings. The lowest BCUT2D eigenvalue weighted by atomic mass is 10.0. The van der Waals surface area contributed by atoms with E-state index in [1.165, 1.54) is 17.6 Å². The third kappa shape index (κ3) is 3.96. The van der Waals surface area contributed by atoms with Gasteiger partial charge in [0.15, 0.2) is 11.6 Å². The van der Waals surface area contributed by atoms with E-state index in [9.17, 15) is 8.42 Å². The number of sulfone groups is 1. The Morgan fingerprint density at radius 2 is 2.06 bits per heavy atom. The highest BCUT2D eigenvalue weighted by molar-refractivity contribution is 7.90. The van der Waals surface area contributed by atoms with Crippen LogP contribution in [0, 0.1) is 0 Å². The lowest BCUT2D eigenvalue weighted by Gasteiger charge is -2.28. The number of aromatic amines is 1. The van der Waals surface area contributed by atoms with Crippen molar-refractivity contribution in [2.45, 2.75) is 12.5 Å². The minimum atomic E-state index is -3.26. The number of thiophene rings is 1. The molecule has 5 rings (SSSR count). The van der Waals surface area contributed by atoms with Crippen LogP contribution in [0.25, 0.3) is 32.5 Å². The van der Waals surface area contributed by atoms with Crippen LogP contribution >= 0.6 is 11.3 Å². The summed E-state index contributed by atoms with van der Waals surface area (Å²) in [5.74, 6) is 1.27. The SMILES string of the molecule is CC(N)(CS(C)(=O)=O)c1cc2nc(-c3cccc4[nH]ncc34)nc(N3CCOCC3)c2s1. The lowest BCUT2D eigenvalue weighted by molar-refractivity contribution is 0.122. The van der Waals surface area contributed by atoms with Gasteiger partial charge < -0.3 is 15.4 Å². The van der Waals surface area contributed by atoms with Crippen molar-refractivity contribution >= 4 is 48.1 Å². The van der Waals surface area contributed by atoms with Crippen molar-refractivity contribution in [2.24, 2.45) is 5.73 Å². The van der Waals surface area contributed by atoms with Gasteiger partial charge in [-0.05, 0) is 19.1 Å². The molecule has 11 heteroatoms. The quantitative estimate of drug-likeness (QED) is 0.453. The summed E-state index contributed by atoms with van der Waals surface area (Å²) in [6.07, 6.45) is 2.98. The van der Waals surface area contributed by atoms with Crippen LogP contribution in [-0.4, -0.2) is 66.9 Å². The first-order valence-electron chi connectivity index (χ1n) is 10.3. The van der Waals surface area contributed by atoms with Crippen LogP contribution in [-0.2, 0) is 20.1 Å². The summed E-state index contributed by atoms with van der Waals surface area (Å²) < 4.78 is 30.3. The maximum Gasteiger partial charge on any atom is 0.162 e. The molecule has 1 aromatic carbocycles. The van der Waals surface area contributed by atoms with Gasteiger partial charge in [0.05, 0.1) is 46.4 Å². The zero-order valence-electron chi connectivity index (χ0n) is 17.8. The van der Waals surface area contributed by atoms with Gasteiger partial charge in [-0.15, -0.1) is 11.3 Å². The highest BCUT2D eigenvalue weighted by atomic mass is 32.2. The number of nitrogens with two attached hydrogens (primary N) is 1. The van der Waals surface area contributed by atoms with Crippen LogP contribution in [0.4, 0.5) is 5.82 Å². The Hall–Kier alpha value is -2.60. The number of benzene rings is 1. The second kappa shape index (κ2) is 7.77. The molecule has 3 aromatic heterocycles. The third-order valence-electron chi connectivity index (χ3n) is 5.51. The molecule has 1 atom stereocenters. The average molecular weight is 473 g/mol. The Bertz CT molecular complexity index is 1400. The van der Waals surface area contributed by atoms with E-state index in [1.807, 2.05) is 24.3 Å². The molecule has 4 heterocycles. The van der Waals surface area contributed by atoms with Crippen LogP contribution in [0.15, 0.2) is 30.5 Å². The third-order valence-corrected chi connectivity index (χ3v) is 8.04. The molecule has 0 saturated carbocycles. The van der Waals surface area contributed by atoms with Crippen LogP contribution < -0.4 is 10.6 Å². The molecular formula is C21H24N6O3S2. The highest BCUT2D eigenvalue weighted by Gasteiger charge is 2.30. The van der Waals surface area contributed by atoms with Gasteiger partial charge in [-0.1, -0.05) is 12.1 Å². The van der Waals surface area contributed by atoms with E-state index in [0.29, 0.717) is 19.0 Å². The van der Waals surface area contributed by atoms with Crippen LogP contribution in [0.3, 0.4) is 0 Å². The molecule has 0 aliphatic carbocycles. The monoisotopic (exact) mass is 472 g/mol. The second-order valence-electron chi connectivity index (χ2n) is 8.42. The van der Waals surface area contributed by atoms with Crippen molar-refractivity contribution in [3.8, 4) is 11.4 Å². The smallest absolute Gasteiger partial charge is 0.162 e. The maximum absolute atomic E-state index is 12.0. The number of nitrogens with zero attached hydrogens (tertiary/aromatic N) is 4. The molecule has 1 unspecified atom stereocenters. The summed E-state index contributed by atoms with van der Waals surface area (Å²) in [5.41, 5.74) is 7.99. The van der Waals surface area contributed by atoms with Crippen molar-refractivity contribution in [3.05, 3.63) is 35.3 Å². The van der Waals surface area contributed by atoms with E-state index in [-0.39, 0.29) is 5.75 Å². The summed E-state index contributed by atoms with van der Waals surface area (Å²) in [5, 5.41) is 8.08. The van der Waals surface area contributed by atoms with E-state index in [1.54, 1.807) is 13.1 Å². The van der Waals surface area contributed by atoms with Crippen molar-refractivity contribution in [1.82, 2.24) is 20.2 Å². The number of nitrogens with one attached hydrogen (secondary N) is 1.